The summed E-state index contributed by atoms with van der Waals surface area (Å²) in [5, 5.41) is 10.2. The molecule has 0 atom stereocenters. The number of amides is 1. The van der Waals surface area contributed by atoms with E-state index in [2.05, 4.69) is 5.32 Å². The Morgan fingerprint density at radius 1 is 1.47 bits per heavy atom. The number of ether oxygens (including phenoxy) is 1. The standard InChI is InChI=1S/C11H16N2O2S2/c1-11(2,3)15-10(14)13-9(12)7-5-6-8(16-4)17-7/h5-6H,1-4H3,(H2,12,13,14). The Balaban J connectivity index is 2.57. The Hall–Kier alpha value is -1.01. The fourth-order valence-electron chi connectivity index (χ4n) is 1.03. The number of hydrogen-bond acceptors (Lipinski definition) is 5. The molecule has 1 aromatic heterocycles. The van der Waals surface area contributed by atoms with Crippen molar-refractivity contribution in [1.82, 2.24) is 5.32 Å². The fraction of sp³-hybridized carbons (Fsp3) is 0.455. The highest BCUT2D eigenvalue weighted by molar-refractivity contribution is 8.00. The molecule has 1 amide bonds. The minimum Gasteiger partial charge on any atom is -0.444 e. The van der Waals surface area contributed by atoms with Gasteiger partial charge in [-0.25, -0.2) is 4.79 Å². The van der Waals surface area contributed by atoms with Gasteiger partial charge in [-0.3, -0.25) is 10.7 Å². The summed E-state index contributed by atoms with van der Waals surface area (Å²) in [4.78, 5) is 12.2. The summed E-state index contributed by atoms with van der Waals surface area (Å²) in [5.41, 5.74) is -0.551. The second-order valence-electron chi connectivity index (χ2n) is 4.32. The lowest BCUT2D eigenvalue weighted by Gasteiger charge is -2.19. The fourth-order valence-corrected chi connectivity index (χ4v) is 2.48. The van der Waals surface area contributed by atoms with Gasteiger partial charge in [-0.15, -0.1) is 23.1 Å². The Bertz CT molecular complexity index is 421. The monoisotopic (exact) mass is 272 g/mol. The summed E-state index contributed by atoms with van der Waals surface area (Å²) < 4.78 is 6.18. The minimum atomic E-state index is -0.596. The summed E-state index contributed by atoms with van der Waals surface area (Å²) in [7, 11) is 0. The van der Waals surface area contributed by atoms with Crippen molar-refractivity contribution < 1.29 is 9.53 Å². The van der Waals surface area contributed by atoms with Gasteiger partial charge in [0.15, 0.2) is 0 Å². The molecule has 0 radical (unpaired) electrons. The number of thioether (sulfide) groups is 1. The summed E-state index contributed by atoms with van der Waals surface area (Å²) in [6.45, 7) is 5.35. The SMILES string of the molecule is CSc1ccc(C(=N)NC(=O)OC(C)(C)C)s1. The highest BCUT2D eigenvalue weighted by atomic mass is 32.2. The molecule has 0 saturated carbocycles. The van der Waals surface area contributed by atoms with Crippen LogP contribution < -0.4 is 5.32 Å². The van der Waals surface area contributed by atoms with Crippen molar-refractivity contribution in [3.05, 3.63) is 17.0 Å². The molecule has 0 bridgehead atoms. The smallest absolute Gasteiger partial charge is 0.413 e. The largest absolute Gasteiger partial charge is 0.444 e. The lowest BCUT2D eigenvalue weighted by Crippen LogP contribution is -2.36. The van der Waals surface area contributed by atoms with Gasteiger partial charge in [0.05, 0.1) is 9.09 Å². The van der Waals surface area contributed by atoms with Crippen LogP contribution in [0.5, 0.6) is 0 Å². The molecule has 1 aromatic rings. The van der Waals surface area contributed by atoms with Gasteiger partial charge < -0.3 is 4.74 Å². The minimum absolute atomic E-state index is 0.0737. The second kappa shape index (κ2) is 5.55. The third-order valence-electron chi connectivity index (χ3n) is 1.65. The van der Waals surface area contributed by atoms with Crippen molar-refractivity contribution >= 4 is 35.0 Å². The van der Waals surface area contributed by atoms with E-state index in [1.165, 1.54) is 11.3 Å². The third kappa shape index (κ3) is 4.79. The van der Waals surface area contributed by atoms with Gasteiger partial charge in [0.2, 0.25) is 0 Å². The first kappa shape index (κ1) is 14.1. The maximum Gasteiger partial charge on any atom is 0.413 e. The van der Waals surface area contributed by atoms with Crippen LogP contribution in [0.3, 0.4) is 0 Å². The molecule has 0 aliphatic heterocycles. The van der Waals surface area contributed by atoms with Crippen molar-refractivity contribution in [1.29, 1.82) is 5.41 Å². The highest BCUT2D eigenvalue weighted by Gasteiger charge is 2.17. The zero-order valence-electron chi connectivity index (χ0n) is 10.3. The second-order valence-corrected chi connectivity index (χ2v) is 6.51. The number of carbonyl (C=O) groups is 1. The van der Waals surface area contributed by atoms with Crippen molar-refractivity contribution in [3.63, 3.8) is 0 Å². The van der Waals surface area contributed by atoms with Gasteiger partial charge in [-0.05, 0) is 39.2 Å². The van der Waals surface area contributed by atoms with Crippen LogP contribution in [0.4, 0.5) is 4.79 Å². The van der Waals surface area contributed by atoms with Gasteiger partial charge in [0.1, 0.15) is 11.4 Å². The Labute approximate surface area is 109 Å². The number of amidine groups is 1. The van der Waals surface area contributed by atoms with Crippen LogP contribution >= 0.6 is 23.1 Å². The maximum absolute atomic E-state index is 11.4. The summed E-state index contributed by atoms with van der Waals surface area (Å²) in [6.07, 6.45) is 1.38. The summed E-state index contributed by atoms with van der Waals surface area (Å²) in [6, 6.07) is 3.74. The molecule has 1 heterocycles. The van der Waals surface area contributed by atoms with Crippen molar-refractivity contribution in [2.45, 2.75) is 30.6 Å². The molecule has 0 aromatic carbocycles. The highest BCUT2D eigenvalue weighted by Crippen LogP contribution is 2.24. The van der Waals surface area contributed by atoms with Crippen molar-refractivity contribution in [2.75, 3.05) is 6.26 Å². The molecule has 2 N–H and O–H groups in total. The summed E-state index contributed by atoms with van der Waals surface area (Å²) in [5.74, 6) is 0.0737. The van der Waals surface area contributed by atoms with Crippen LogP contribution in [0.2, 0.25) is 0 Å². The van der Waals surface area contributed by atoms with E-state index >= 15 is 0 Å². The molecular formula is C11H16N2O2S2. The van der Waals surface area contributed by atoms with E-state index in [0.29, 0.717) is 0 Å². The van der Waals surface area contributed by atoms with Crippen LogP contribution in [-0.4, -0.2) is 23.8 Å². The van der Waals surface area contributed by atoms with E-state index in [1.54, 1.807) is 32.5 Å². The van der Waals surface area contributed by atoms with Gasteiger partial charge in [0.25, 0.3) is 0 Å². The van der Waals surface area contributed by atoms with Crippen LogP contribution in [-0.2, 0) is 4.74 Å². The molecule has 0 aliphatic carbocycles. The van der Waals surface area contributed by atoms with Gasteiger partial charge in [0, 0.05) is 0 Å². The van der Waals surface area contributed by atoms with Crippen LogP contribution in [0.15, 0.2) is 16.3 Å². The Morgan fingerprint density at radius 3 is 2.59 bits per heavy atom. The van der Waals surface area contributed by atoms with Gasteiger partial charge in [-0.2, -0.15) is 0 Å². The first-order valence-corrected chi connectivity index (χ1v) is 7.08. The molecule has 17 heavy (non-hydrogen) atoms. The normalized spacial score (nSPS) is 11.1. The maximum atomic E-state index is 11.4. The Kier molecular flexibility index (Phi) is 4.59. The number of alkyl carbamates (subject to hydrolysis) is 1. The lowest BCUT2D eigenvalue weighted by atomic mass is 10.2. The van der Waals surface area contributed by atoms with Crippen LogP contribution in [0.25, 0.3) is 0 Å². The average molecular weight is 272 g/mol. The first-order chi connectivity index (χ1) is 7.81. The van der Waals surface area contributed by atoms with Gasteiger partial charge in [-0.1, -0.05) is 0 Å². The van der Waals surface area contributed by atoms with E-state index in [-0.39, 0.29) is 5.84 Å². The number of carbonyl (C=O) groups excluding carboxylic acids is 1. The Morgan fingerprint density at radius 2 is 2.12 bits per heavy atom. The van der Waals surface area contributed by atoms with E-state index < -0.39 is 11.7 Å². The number of hydrogen-bond donors (Lipinski definition) is 2. The van der Waals surface area contributed by atoms with Crippen molar-refractivity contribution in [3.8, 4) is 0 Å². The number of thiophene rings is 1. The van der Waals surface area contributed by atoms with E-state index in [9.17, 15) is 4.79 Å². The van der Waals surface area contributed by atoms with E-state index in [1.807, 2.05) is 18.4 Å². The molecule has 4 nitrogen and oxygen atoms in total. The van der Waals surface area contributed by atoms with Gasteiger partial charge >= 0.3 is 6.09 Å². The quantitative estimate of drug-likeness (QED) is 0.493. The van der Waals surface area contributed by atoms with Crippen LogP contribution in [0.1, 0.15) is 25.6 Å². The predicted molar refractivity (Wildman–Crippen MR) is 72.3 cm³/mol. The number of rotatable bonds is 2. The predicted octanol–water partition coefficient (Wildman–Crippen LogP) is 3.32. The molecule has 1 rings (SSSR count). The molecular weight excluding hydrogens is 256 g/mol. The zero-order chi connectivity index (χ0) is 13.1. The summed E-state index contributed by atoms with van der Waals surface area (Å²) >= 11 is 3.08. The number of nitrogens with one attached hydrogen (secondary N) is 2. The molecule has 0 fully saturated rings. The van der Waals surface area contributed by atoms with Crippen molar-refractivity contribution in [2.24, 2.45) is 0 Å². The molecule has 0 spiro atoms. The molecule has 6 heteroatoms. The molecule has 0 aliphatic rings. The molecule has 94 valence electrons. The topological polar surface area (TPSA) is 62.2 Å². The zero-order valence-corrected chi connectivity index (χ0v) is 11.9. The lowest BCUT2D eigenvalue weighted by molar-refractivity contribution is 0.0563. The molecule has 0 saturated heterocycles. The van der Waals surface area contributed by atoms with E-state index in [0.717, 1.165) is 9.09 Å². The van der Waals surface area contributed by atoms with Crippen LogP contribution in [0, 0.1) is 5.41 Å². The first-order valence-electron chi connectivity index (χ1n) is 5.04. The third-order valence-corrected chi connectivity index (χ3v) is 3.84. The average Bonchev–Trinajstić information content (AvgIpc) is 2.62. The van der Waals surface area contributed by atoms with E-state index in [4.69, 9.17) is 10.1 Å². The molecule has 0 unspecified atom stereocenters.